The maximum Gasteiger partial charge on any atom is 0.421 e. The summed E-state index contributed by atoms with van der Waals surface area (Å²) in [5.41, 5.74) is -2.28. The maximum atomic E-state index is 13.1. The van der Waals surface area contributed by atoms with Gasteiger partial charge in [0.2, 0.25) is 5.88 Å². The van der Waals surface area contributed by atoms with E-state index >= 15 is 0 Å². The fourth-order valence-corrected chi connectivity index (χ4v) is 5.55. The third-order valence-electron chi connectivity index (χ3n) is 4.49. The Labute approximate surface area is 128 Å². The lowest BCUT2D eigenvalue weighted by Gasteiger charge is -2.36. The number of alkyl halides is 3. The second-order valence-electron chi connectivity index (χ2n) is 5.87. The van der Waals surface area contributed by atoms with Crippen LogP contribution in [0.1, 0.15) is 36.8 Å². The highest BCUT2D eigenvalue weighted by Crippen LogP contribution is 2.47. The average Bonchev–Trinajstić information content (AvgIpc) is 2.69. The largest absolute Gasteiger partial charge is 0.481 e. The molecule has 2 aliphatic heterocycles. The molecule has 0 aliphatic carbocycles. The quantitative estimate of drug-likeness (QED) is 0.901. The maximum absolute atomic E-state index is 13.1. The van der Waals surface area contributed by atoms with Crippen LogP contribution in [0, 0.1) is 0 Å². The molecule has 2 bridgehead atoms. The van der Waals surface area contributed by atoms with Crippen LogP contribution in [0.15, 0.2) is 12.3 Å². The van der Waals surface area contributed by atoms with E-state index in [1.807, 2.05) is 0 Å². The summed E-state index contributed by atoms with van der Waals surface area (Å²) in [5.74, 6) is -0.512. The number of methoxy groups -OCH3 is 1. The Balaban J connectivity index is 2.00. The van der Waals surface area contributed by atoms with Crippen LogP contribution < -0.4 is 4.74 Å². The van der Waals surface area contributed by atoms with Crippen LogP contribution in [0.3, 0.4) is 0 Å². The molecule has 122 valence electrons. The number of hydrogen-bond acceptors (Lipinski definition) is 4. The van der Waals surface area contributed by atoms with Crippen molar-refractivity contribution < 1.29 is 27.2 Å². The van der Waals surface area contributed by atoms with Gasteiger partial charge in [-0.3, -0.25) is 4.21 Å². The molecule has 8 heteroatoms. The van der Waals surface area contributed by atoms with Gasteiger partial charge in [-0.05, 0) is 31.7 Å². The van der Waals surface area contributed by atoms with Crippen molar-refractivity contribution in [3.63, 3.8) is 0 Å². The summed E-state index contributed by atoms with van der Waals surface area (Å²) >= 11 is 0. The number of pyridine rings is 1. The van der Waals surface area contributed by atoms with Gasteiger partial charge in [0.1, 0.15) is 5.56 Å². The van der Waals surface area contributed by atoms with E-state index in [1.165, 1.54) is 6.20 Å². The van der Waals surface area contributed by atoms with E-state index in [1.54, 1.807) is 0 Å². The molecule has 0 radical (unpaired) electrons. The van der Waals surface area contributed by atoms with Crippen molar-refractivity contribution in [2.75, 3.05) is 7.11 Å². The third-order valence-corrected chi connectivity index (χ3v) is 6.60. The fraction of sp³-hybridized carbons (Fsp3) is 0.643. The van der Waals surface area contributed by atoms with E-state index in [-0.39, 0.29) is 28.9 Å². The molecule has 0 aromatic carbocycles. The minimum absolute atomic E-state index is 0.120. The third kappa shape index (κ3) is 2.52. The van der Waals surface area contributed by atoms with Gasteiger partial charge in [-0.2, -0.15) is 13.2 Å². The Morgan fingerprint density at radius 2 is 1.95 bits per heavy atom. The highest BCUT2D eigenvalue weighted by Gasteiger charge is 2.49. The first-order chi connectivity index (χ1) is 10.2. The molecule has 2 saturated heterocycles. The van der Waals surface area contributed by atoms with Gasteiger partial charge in [0, 0.05) is 33.1 Å². The number of nitrogens with zero attached hydrogens (tertiary/aromatic N) is 1. The van der Waals surface area contributed by atoms with Gasteiger partial charge < -0.3 is 9.84 Å². The first-order valence-electron chi connectivity index (χ1n) is 6.98. The van der Waals surface area contributed by atoms with Crippen molar-refractivity contribution in [3.05, 3.63) is 23.4 Å². The molecule has 0 spiro atoms. The summed E-state index contributed by atoms with van der Waals surface area (Å²) in [6.07, 6.45) is -1.48. The molecule has 0 saturated carbocycles. The summed E-state index contributed by atoms with van der Waals surface area (Å²) in [4.78, 5) is 3.70. The van der Waals surface area contributed by atoms with Gasteiger partial charge in [0.05, 0.1) is 12.7 Å². The predicted octanol–water partition coefficient (Wildman–Crippen LogP) is 2.37. The lowest BCUT2D eigenvalue weighted by atomic mass is 9.86. The van der Waals surface area contributed by atoms with E-state index in [0.717, 1.165) is 26.0 Å². The number of hydrogen-bond donors (Lipinski definition) is 1. The number of ether oxygens (including phenoxy) is 1. The van der Waals surface area contributed by atoms with Crippen LogP contribution in [0.25, 0.3) is 0 Å². The summed E-state index contributed by atoms with van der Waals surface area (Å²) in [6.45, 7) is 0. The van der Waals surface area contributed by atoms with Crippen LogP contribution in [0.2, 0.25) is 0 Å². The summed E-state index contributed by atoms with van der Waals surface area (Å²) in [6, 6.07) is 0.902. The highest BCUT2D eigenvalue weighted by atomic mass is 32.2. The van der Waals surface area contributed by atoms with Gasteiger partial charge in [0.25, 0.3) is 0 Å². The lowest BCUT2D eigenvalue weighted by Crippen LogP contribution is -2.40. The topological polar surface area (TPSA) is 59.4 Å². The molecule has 2 atom stereocenters. The molecule has 2 fully saturated rings. The van der Waals surface area contributed by atoms with E-state index < -0.39 is 34.0 Å². The fourth-order valence-electron chi connectivity index (χ4n) is 3.39. The number of halogens is 3. The second kappa shape index (κ2) is 5.19. The molecule has 4 nitrogen and oxygen atoms in total. The smallest absolute Gasteiger partial charge is 0.421 e. The molecule has 22 heavy (non-hydrogen) atoms. The summed E-state index contributed by atoms with van der Waals surface area (Å²) in [5, 5.41) is 10.5. The van der Waals surface area contributed by atoms with E-state index in [9.17, 15) is 22.5 Å². The van der Waals surface area contributed by atoms with Crippen molar-refractivity contribution in [1.29, 1.82) is 0 Å². The Morgan fingerprint density at radius 3 is 2.45 bits per heavy atom. The van der Waals surface area contributed by atoms with Crippen LogP contribution in [-0.4, -0.2) is 31.9 Å². The molecule has 3 heterocycles. The van der Waals surface area contributed by atoms with Crippen LogP contribution >= 0.6 is 0 Å². The molecule has 3 rings (SSSR count). The molecule has 2 aliphatic rings. The SMILES string of the molecule is COc1ncc(C2(O)CC3CCC(C2)S3=O)cc1C(F)(F)F. The predicted molar refractivity (Wildman–Crippen MR) is 73.9 cm³/mol. The van der Waals surface area contributed by atoms with Crippen molar-refractivity contribution in [3.8, 4) is 5.88 Å². The summed E-state index contributed by atoms with van der Waals surface area (Å²) < 4.78 is 55.9. The molecule has 1 aromatic rings. The van der Waals surface area contributed by atoms with Crippen molar-refractivity contribution >= 4 is 10.8 Å². The summed E-state index contributed by atoms with van der Waals surface area (Å²) in [7, 11) is 0.126. The molecule has 2 unspecified atom stereocenters. The first kappa shape index (κ1) is 15.7. The number of aromatic nitrogens is 1. The second-order valence-corrected chi connectivity index (χ2v) is 7.86. The molecular formula is C14H16F3NO3S. The van der Waals surface area contributed by atoms with Gasteiger partial charge in [0.15, 0.2) is 0 Å². The zero-order valence-electron chi connectivity index (χ0n) is 11.9. The van der Waals surface area contributed by atoms with Crippen LogP contribution in [0.5, 0.6) is 5.88 Å². The minimum Gasteiger partial charge on any atom is -0.481 e. The van der Waals surface area contributed by atoms with Crippen molar-refractivity contribution in [2.24, 2.45) is 0 Å². The van der Waals surface area contributed by atoms with E-state index in [0.29, 0.717) is 0 Å². The van der Waals surface area contributed by atoms with Crippen molar-refractivity contribution in [1.82, 2.24) is 4.98 Å². The standard InChI is InChI=1S/C14H16F3NO3S/c1-21-12-11(14(15,16)17)4-8(7-18-12)13(19)5-9-2-3-10(6-13)22(9)20/h4,7,9-10,19H,2-3,5-6H2,1H3. The van der Waals surface area contributed by atoms with Crippen LogP contribution in [0.4, 0.5) is 13.2 Å². The van der Waals surface area contributed by atoms with Gasteiger partial charge in [-0.25, -0.2) is 4.98 Å². The lowest BCUT2D eigenvalue weighted by molar-refractivity contribution is -0.139. The number of fused-ring (bicyclic) bond motifs is 2. The van der Waals surface area contributed by atoms with Gasteiger partial charge >= 0.3 is 6.18 Å². The molecular weight excluding hydrogens is 319 g/mol. The van der Waals surface area contributed by atoms with Crippen molar-refractivity contribution in [2.45, 2.75) is 48.0 Å². The van der Waals surface area contributed by atoms with Gasteiger partial charge in [-0.1, -0.05) is 0 Å². The molecule has 1 aromatic heterocycles. The normalized spacial score (nSPS) is 34.7. The Bertz CT molecular complexity index is 604. The van der Waals surface area contributed by atoms with E-state index in [2.05, 4.69) is 9.72 Å². The Hall–Kier alpha value is -1.15. The van der Waals surface area contributed by atoms with Gasteiger partial charge in [-0.15, -0.1) is 0 Å². The Morgan fingerprint density at radius 1 is 1.36 bits per heavy atom. The zero-order valence-corrected chi connectivity index (χ0v) is 12.7. The van der Waals surface area contributed by atoms with E-state index in [4.69, 9.17) is 0 Å². The number of rotatable bonds is 2. The Kier molecular flexibility index (Phi) is 3.71. The first-order valence-corrected chi connectivity index (χ1v) is 8.26. The van der Waals surface area contributed by atoms with Crippen LogP contribution in [-0.2, 0) is 22.6 Å². The zero-order chi connectivity index (χ0) is 16.1. The number of aliphatic hydroxyl groups is 1. The molecule has 0 amide bonds. The highest BCUT2D eigenvalue weighted by molar-refractivity contribution is 7.86. The minimum atomic E-state index is -4.61. The monoisotopic (exact) mass is 335 g/mol. The molecule has 1 N–H and O–H groups in total. The average molecular weight is 335 g/mol.